The number of nitrogens with one attached hydrogen (secondary N) is 1. The molecule has 1 aromatic rings. The van der Waals surface area contributed by atoms with Crippen molar-refractivity contribution in [2.45, 2.75) is 26.4 Å². The zero-order chi connectivity index (χ0) is 17.6. The molecule has 0 aliphatic heterocycles. The standard InChI is InChI=1S/C15H19NO7/c1-15(2,3)23-14(21)16-6-7-22-11-8-9(12(17)18)4-5-10(11)13(19)20/h4-5,8H,6-7H2,1-3H3,(H,16,21)(H,17,18)(H,19,20). The second-order valence-electron chi connectivity index (χ2n) is 5.60. The molecule has 0 saturated carbocycles. The average molecular weight is 325 g/mol. The largest absolute Gasteiger partial charge is 0.491 e. The van der Waals surface area contributed by atoms with Crippen LogP contribution in [-0.2, 0) is 4.74 Å². The molecule has 0 aromatic heterocycles. The van der Waals surface area contributed by atoms with Gasteiger partial charge in [0.05, 0.1) is 12.1 Å². The Labute approximate surface area is 133 Å². The Balaban J connectivity index is 2.63. The summed E-state index contributed by atoms with van der Waals surface area (Å²) in [7, 11) is 0. The molecule has 1 rings (SSSR count). The van der Waals surface area contributed by atoms with Crippen LogP contribution in [-0.4, -0.2) is 47.0 Å². The van der Waals surface area contributed by atoms with Crippen LogP contribution >= 0.6 is 0 Å². The van der Waals surface area contributed by atoms with Gasteiger partial charge in [-0.1, -0.05) is 0 Å². The zero-order valence-corrected chi connectivity index (χ0v) is 13.1. The Kier molecular flexibility index (Phi) is 5.94. The van der Waals surface area contributed by atoms with Crippen LogP contribution in [0.15, 0.2) is 18.2 Å². The minimum Gasteiger partial charge on any atom is -0.491 e. The third-order valence-electron chi connectivity index (χ3n) is 2.49. The van der Waals surface area contributed by atoms with Gasteiger partial charge < -0.3 is 25.0 Å². The number of carbonyl (C=O) groups excluding carboxylic acids is 1. The molecule has 0 bridgehead atoms. The van der Waals surface area contributed by atoms with Crippen molar-refractivity contribution in [1.29, 1.82) is 0 Å². The predicted octanol–water partition coefficient (Wildman–Crippen LogP) is 1.99. The number of carbonyl (C=O) groups is 3. The molecule has 23 heavy (non-hydrogen) atoms. The molecule has 1 aromatic carbocycles. The van der Waals surface area contributed by atoms with Crippen molar-refractivity contribution in [2.75, 3.05) is 13.2 Å². The molecule has 1 amide bonds. The Morgan fingerprint density at radius 1 is 1.13 bits per heavy atom. The maximum absolute atomic E-state index is 11.4. The number of benzene rings is 1. The van der Waals surface area contributed by atoms with E-state index in [1.807, 2.05) is 0 Å². The van der Waals surface area contributed by atoms with Crippen molar-refractivity contribution in [3.8, 4) is 5.75 Å². The maximum atomic E-state index is 11.4. The number of rotatable bonds is 6. The van der Waals surface area contributed by atoms with Crippen molar-refractivity contribution in [1.82, 2.24) is 5.32 Å². The van der Waals surface area contributed by atoms with Crippen molar-refractivity contribution in [3.05, 3.63) is 29.3 Å². The van der Waals surface area contributed by atoms with E-state index in [1.54, 1.807) is 20.8 Å². The van der Waals surface area contributed by atoms with Crippen molar-refractivity contribution in [2.24, 2.45) is 0 Å². The Bertz CT molecular complexity index is 604. The number of hydrogen-bond acceptors (Lipinski definition) is 5. The topological polar surface area (TPSA) is 122 Å². The minimum absolute atomic E-state index is 0.0391. The first kappa shape index (κ1) is 18.3. The molecule has 0 radical (unpaired) electrons. The maximum Gasteiger partial charge on any atom is 0.407 e. The number of alkyl carbamates (subject to hydrolysis) is 1. The normalized spacial score (nSPS) is 10.7. The molecule has 0 fully saturated rings. The van der Waals surface area contributed by atoms with E-state index in [1.165, 1.54) is 6.07 Å². The Morgan fingerprint density at radius 2 is 1.78 bits per heavy atom. The van der Waals surface area contributed by atoms with E-state index in [4.69, 9.17) is 19.7 Å². The van der Waals surface area contributed by atoms with Gasteiger partial charge in [-0.3, -0.25) is 0 Å². The van der Waals surface area contributed by atoms with Gasteiger partial charge in [-0.2, -0.15) is 0 Å². The highest BCUT2D eigenvalue weighted by Gasteiger charge is 2.17. The second kappa shape index (κ2) is 7.48. The van der Waals surface area contributed by atoms with E-state index in [0.29, 0.717) is 0 Å². The highest BCUT2D eigenvalue weighted by molar-refractivity contribution is 5.94. The fourth-order valence-corrected chi connectivity index (χ4v) is 1.58. The minimum atomic E-state index is -1.24. The first-order chi connectivity index (χ1) is 10.6. The summed E-state index contributed by atoms with van der Waals surface area (Å²) in [6.07, 6.45) is -0.626. The van der Waals surface area contributed by atoms with Crippen molar-refractivity contribution >= 4 is 18.0 Å². The van der Waals surface area contributed by atoms with Gasteiger partial charge in [0, 0.05) is 0 Å². The highest BCUT2D eigenvalue weighted by atomic mass is 16.6. The summed E-state index contributed by atoms with van der Waals surface area (Å²) >= 11 is 0. The lowest BCUT2D eigenvalue weighted by Crippen LogP contribution is -2.34. The van der Waals surface area contributed by atoms with Crippen LogP contribution in [0.1, 0.15) is 41.5 Å². The van der Waals surface area contributed by atoms with E-state index in [9.17, 15) is 14.4 Å². The van der Waals surface area contributed by atoms with Crippen LogP contribution in [0.25, 0.3) is 0 Å². The second-order valence-corrected chi connectivity index (χ2v) is 5.60. The fraction of sp³-hybridized carbons (Fsp3) is 0.400. The lowest BCUT2D eigenvalue weighted by Gasteiger charge is -2.19. The summed E-state index contributed by atoms with van der Waals surface area (Å²) in [5, 5.41) is 20.4. The Hall–Kier alpha value is -2.77. The van der Waals surface area contributed by atoms with Crippen molar-refractivity contribution < 1.29 is 34.1 Å². The van der Waals surface area contributed by atoms with Gasteiger partial charge in [0.2, 0.25) is 0 Å². The molecular weight excluding hydrogens is 306 g/mol. The smallest absolute Gasteiger partial charge is 0.407 e. The quantitative estimate of drug-likeness (QED) is 0.683. The first-order valence-corrected chi connectivity index (χ1v) is 6.80. The first-order valence-electron chi connectivity index (χ1n) is 6.80. The molecule has 0 saturated heterocycles. The molecule has 126 valence electrons. The summed E-state index contributed by atoms with van der Waals surface area (Å²) in [4.78, 5) is 33.4. The van der Waals surface area contributed by atoms with Gasteiger partial charge in [-0.15, -0.1) is 0 Å². The third-order valence-corrected chi connectivity index (χ3v) is 2.49. The number of ether oxygens (including phenoxy) is 2. The zero-order valence-electron chi connectivity index (χ0n) is 13.1. The summed E-state index contributed by atoms with van der Waals surface area (Å²) in [6.45, 7) is 5.20. The lowest BCUT2D eigenvalue weighted by molar-refractivity contribution is 0.0518. The number of hydrogen-bond donors (Lipinski definition) is 3. The van der Waals surface area contributed by atoms with E-state index < -0.39 is 23.6 Å². The van der Waals surface area contributed by atoms with Crippen LogP contribution in [0.3, 0.4) is 0 Å². The molecule has 8 heteroatoms. The molecule has 0 atom stereocenters. The number of carboxylic acid groups (broad SMARTS) is 2. The van der Waals surface area contributed by atoms with Crippen LogP contribution in [0.2, 0.25) is 0 Å². The molecule has 8 nitrogen and oxygen atoms in total. The molecule has 0 unspecified atom stereocenters. The lowest BCUT2D eigenvalue weighted by atomic mass is 10.1. The monoisotopic (exact) mass is 325 g/mol. The van der Waals surface area contributed by atoms with E-state index in [2.05, 4.69) is 5.32 Å². The van der Waals surface area contributed by atoms with E-state index >= 15 is 0 Å². The van der Waals surface area contributed by atoms with Gasteiger partial charge in [-0.25, -0.2) is 14.4 Å². The average Bonchev–Trinajstić information content (AvgIpc) is 2.41. The SMILES string of the molecule is CC(C)(C)OC(=O)NCCOc1cc(C(=O)O)ccc1C(=O)O. The fourth-order valence-electron chi connectivity index (χ4n) is 1.58. The number of amides is 1. The van der Waals surface area contributed by atoms with Gasteiger partial charge in [0.15, 0.2) is 0 Å². The molecular formula is C15H19NO7. The highest BCUT2D eigenvalue weighted by Crippen LogP contribution is 2.20. The number of carboxylic acids is 2. The van der Waals surface area contributed by atoms with Crippen LogP contribution in [0.5, 0.6) is 5.75 Å². The molecule has 0 aliphatic carbocycles. The summed E-state index contributed by atoms with van der Waals surface area (Å²) in [5.41, 5.74) is -0.880. The summed E-state index contributed by atoms with van der Waals surface area (Å²) in [6, 6.07) is 3.46. The van der Waals surface area contributed by atoms with E-state index in [-0.39, 0.29) is 30.0 Å². The van der Waals surface area contributed by atoms with Gasteiger partial charge in [-0.05, 0) is 39.0 Å². The van der Waals surface area contributed by atoms with Crippen LogP contribution < -0.4 is 10.1 Å². The Morgan fingerprint density at radius 3 is 2.30 bits per heavy atom. The van der Waals surface area contributed by atoms with Gasteiger partial charge in [0.1, 0.15) is 23.5 Å². The van der Waals surface area contributed by atoms with E-state index in [0.717, 1.165) is 12.1 Å². The van der Waals surface area contributed by atoms with Crippen LogP contribution in [0.4, 0.5) is 4.79 Å². The van der Waals surface area contributed by atoms with Gasteiger partial charge in [0.25, 0.3) is 0 Å². The molecule has 0 aliphatic rings. The molecule has 3 N–H and O–H groups in total. The van der Waals surface area contributed by atoms with Crippen LogP contribution in [0, 0.1) is 0 Å². The predicted molar refractivity (Wildman–Crippen MR) is 80.1 cm³/mol. The third kappa shape index (κ3) is 6.25. The molecule has 0 heterocycles. The number of aromatic carboxylic acids is 2. The summed E-state index contributed by atoms with van der Waals surface area (Å²) < 4.78 is 10.3. The summed E-state index contributed by atoms with van der Waals surface area (Å²) in [5.74, 6) is -2.51. The van der Waals surface area contributed by atoms with Gasteiger partial charge >= 0.3 is 18.0 Å². The van der Waals surface area contributed by atoms with Crippen molar-refractivity contribution in [3.63, 3.8) is 0 Å². The molecule has 0 spiro atoms.